The van der Waals surface area contributed by atoms with Crippen LogP contribution in [-0.2, 0) is 14.3 Å². The van der Waals surface area contributed by atoms with Crippen molar-refractivity contribution in [1.82, 2.24) is 0 Å². The van der Waals surface area contributed by atoms with Crippen LogP contribution >= 0.6 is 0 Å². The van der Waals surface area contributed by atoms with E-state index in [1.165, 1.54) is 0 Å². The highest BCUT2D eigenvalue weighted by Gasteiger charge is 2.05. The van der Waals surface area contributed by atoms with Gasteiger partial charge in [-0.1, -0.05) is 6.58 Å². The van der Waals surface area contributed by atoms with E-state index in [1.54, 1.807) is 0 Å². The molecule has 10 heavy (non-hydrogen) atoms. The lowest BCUT2D eigenvalue weighted by molar-refractivity contribution is -0.148. The summed E-state index contributed by atoms with van der Waals surface area (Å²) < 4.78 is 3.98. The summed E-state index contributed by atoms with van der Waals surface area (Å²) in [5, 5.41) is 0. The standard InChI is InChI=1S/C6H9NO3/c1-5(2-3-7)6(9)10-4-8/h4H,1-3,7H2. The third-order valence-electron chi connectivity index (χ3n) is 0.890. The van der Waals surface area contributed by atoms with E-state index in [0.717, 1.165) is 0 Å². The van der Waals surface area contributed by atoms with Gasteiger partial charge in [0.15, 0.2) is 0 Å². The fraction of sp³-hybridized carbons (Fsp3) is 0.333. The second-order valence-corrected chi connectivity index (χ2v) is 1.64. The Hall–Kier alpha value is -1.16. The van der Waals surface area contributed by atoms with Crippen LogP contribution in [0.5, 0.6) is 0 Å². The smallest absolute Gasteiger partial charge is 0.340 e. The van der Waals surface area contributed by atoms with Gasteiger partial charge in [-0.3, -0.25) is 4.79 Å². The molecule has 0 aromatic carbocycles. The van der Waals surface area contributed by atoms with Gasteiger partial charge in [0.05, 0.1) is 0 Å². The molecule has 0 unspecified atom stereocenters. The maximum atomic E-state index is 10.5. The molecule has 0 bridgehead atoms. The first-order chi connectivity index (χ1) is 4.72. The zero-order chi connectivity index (χ0) is 7.98. The number of esters is 1. The van der Waals surface area contributed by atoms with Crippen LogP contribution in [0.4, 0.5) is 0 Å². The summed E-state index contributed by atoms with van der Waals surface area (Å²) in [5.74, 6) is -0.708. The Morgan fingerprint density at radius 2 is 2.30 bits per heavy atom. The highest BCUT2D eigenvalue weighted by molar-refractivity contribution is 5.91. The summed E-state index contributed by atoms with van der Waals surface area (Å²) >= 11 is 0. The lowest BCUT2D eigenvalue weighted by Crippen LogP contribution is -2.09. The largest absolute Gasteiger partial charge is 0.392 e. The Morgan fingerprint density at radius 1 is 1.70 bits per heavy atom. The quantitative estimate of drug-likeness (QED) is 0.251. The molecular formula is C6H9NO3. The first-order valence-corrected chi connectivity index (χ1v) is 2.75. The molecule has 0 aromatic heterocycles. The monoisotopic (exact) mass is 143 g/mol. The topological polar surface area (TPSA) is 69.4 Å². The van der Waals surface area contributed by atoms with Crippen molar-refractivity contribution in [1.29, 1.82) is 0 Å². The third kappa shape index (κ3) is 2.99. The van der Waals surface area contributed by atoms with Crippen molar-refractivity contribution in [2.45, 2.75) is 6.42 Å². The van der Waals surface area contributed by atoms with Gasteiger partial charge in [-0.2, -0.15) is 0 Å². The van der Waals surface area contributed by atoms with Gasteiger partial charge in [0.1, 0.15) is 0 Å². The molecule has 4 heteroatoms. The maximum Gasteiger partial charge on any atom is 0.340 e. The highest BCUT2D eigenvalue weighted by Crippen LogP contribution is 1.96. The van der Waals surface area contributed by atoms with E-state index in [1.807, 2.05) is 0 Å². The minimum atomic E-state index is -0.708. The van der Waals surface area contributed by atoms with E-state index in [9.17, 15) is 9.59 Å². The van der Waals surface area contributed by atoms with Crippen LogP contribution < -0.4 is 5.73 Å². The van der Waals surface area contributed by atoms with E-state index in [-0.39, 0.29) is 12.0 Å². The molecule has 0 saturated heterocycles. The van der Waals surface area contributed by atoms with Crippen LogP contribution in [0.25, 0.3) is 0 Å². The first-order valence-electron chi connectivity index (χ1n) is 2.75. The number of ether oxygens (including phenoxy) is 1. The molecule has 0 atom stereocenters. The Kier molecular flexibility index (Phi) is 4.15. The van der Waals surface area contributed by atoms with Crippen LogP contribution in [0.1, 0.15) is 6.42 Å². The van der Waals surface area contributed by atoms with Crippen molar-refractivity contribution in [3.05, 3.63) is 12.2 Å². The van der Waals surface area contributed by atoms with Crippen molar-refractivity contribution in [2.75, 3.05) is 6.54 Å². The summed E-state index contributed by atoms with van der Waals surface area (Å²) in [6.07, 6.45) is 0.354. The van der Waals surface area contributed by atoms with Crippen LogP contribution in [-0.4, -0.2) is 19.0 Å². The average molecular weight is 143 g/mol. The van der Waals surface area contributed by atoms with Crippen molar-refractivity contribution in [3.63, 3.8) is 0 Å². The van der Waals surface area contributed by atoms with Crippen LogP contribution in [0.3, 0.4) is 0 Å². The van der Waals surface area contributed by atoms with Crippen molar-refractivity contribution in [2.24, 2.45) is 5.73 Å². The Labute approximate surface area is 58.7 Å². The van der Waals surface area contributed by atoms with Gasteiger partial charge < -0.3 is 10.5 Å². The third-order valence-corrected chi connectivity index (χ3v) is 0.890. The molecule has 56 valence electrons. The summed E-state index contributed by atoms with van der Waals surface area (Å²) in [5.41, 5.74) is 5.32. The van der Waals surface area contributed by atoms with Gasteiger partial charge in [-0.05, 0) is 13.0 Å². The fourth-order valence-corrected chi connectivity index (χ4v) is 0.403. The Balaban J connectivity index is 3.70. The summed E-state index contributed by atoms with van der Waals surface area (Å²) in [6.45, 7) is 3.75. The van der Waals surface area contributed by atoms with E-state index in [4.69, 9.17) is 5.73 Å². The van der Waals surface area contributed by atoms with Gasteiger partial charge in [-0.25, -0.2) is 4.79 Å². The first kappa shape index (κ1) is 8.84. The van der Waals surface area contributed by atoms with Gasteiger partial charge in [0.2, 0.25) is 0 Å². The summed E-state index contributed by atoms with van der Waals surface area (Å²) in [6, 6.07) is 0. The molecule has 0 spiro atoms. The second kappa shape index (κ2) is 4.69. The summed E-state index contributed by atoms with van der Waals surface area (Å²) in [4.78, 5) is 20.1. The van der Waals surface area contributed by atoms with E-state index < -0.39 is 5.97 Å². The van der Waals surface area contributed by atoms with Gasteiger partial charge >= 0.3 is 12.4 Å². The number of rotatable bonds is 4. The van der Waals surface area contributed by atoms with E-state index in [0.29, 0.717) is 13.0 Å². The molecule has 0 amide bonds. The molecule has 2 N–H and O–H groups in total. The SMILES string of the molecule is C=C(CCN)C(=O)OC=O. The number of carbonyl (C=O) groups excluding carboxylic acids is 2. The van der Waals surface area contributed by atoms with E-state index >= 15 is 0 Å². The predicted octanol–water partition coefficient (Wildman–Crippen LogP) is -0.409. The van der Waals surface area contributed by atoms with Crippen molar-refractivity contribution in [3.8, 4) is 0 Å². The molecule has 0 aliphatic heterocycles. The summed E-state index contributed by atoms with van der Waals surface area (Å²) in [7, 11) is 0. The van der Waals surface area contributed by atoms with Crippen LogP contribution in [0.15, 0.2) is 12.2 Å². The molecule has 0 rings (SSSR count). The maximum absolute atomic E-state index is 10.5. The molecule has 0 fully saturated rings. The molecule has 0 heterocycles. The van der Waals surface area contributed by atoms with Crippen LogP contribution in [0.2, 0.25) is 0 Å². The van der Waals surface area contributed by atoms with Gasteiger partial charge in [0.25, 0.3) is 0 Å². The zero-order valence-electron chi connectivity index (χ0n) is 5.50. The molecule has 0 aliphatic rings. The molecular weight excluding hydrogens is 134 g/mol. The molecule has 4 nitrogen and oxygen atoms in total. The lowest BCUT2D eigenvalue weighted by atomic mass is 10.2. The second-order valence-electron chi connectivity index (χ2n) is 1.64. The van der Waals surface area contributed by atoms with E-state index in [2.05, 4.69) is 11.3 Å². The normalized spacial score (nSPS) is 8.50. The van der Waals surface area contributed by atoms with Gasteiger partial charge in [-0.15, -0.1) is 0 Å². The number of nitrogens with two attached hydrogens (primary N) is 1. The zero-order valence-corrected chi connectivity index (χ0v) is 5.50. The highest BCUT2D eigenvalue weighted by atomic mass is 16.6. The number of carbonyl (C=O) groups is 2. The fourth-order valence-electron chi connectivity index (χ4n) is 0.403. The average Bonchev–Trinajstić information content (AvgIpc) is 1.89. The van der Waals surface area contributed by atoms with Crippen molar-refractivity contribution >= 4 is 12.4 Å². The number of hydrogen-bond acceptors (Lipinski definition) is 4. The van der Waals surface area contributed by atoms with Crippen LogP contribution in [0, 0.1) is 0 Å². The molecule has 0 aromatic rings. The number of hydrogen-bond donors (Lipinski definition) is 1. The Bertz CT molecular complexity index is 153. The minimum Gasteiger partial charge on any atom is -0.392 e. The molecule has 0 radical (unpaired) electrons. The van der Waals surface area contributed by atoms with Gasteiger partial charge in [0, 0.05) is 5.57 Å². The molecule has 0 saturated carbocycles. The predicted molar refractivity (Wildman–Crippen MR) is 35.0 cm³/mol. The lowest BCUT2D eigenvalue weighted by Gasteiger charge is -1.97. The Morgan fingerprint density at radius 3 is 2.70 bits per heavy atom. The molecule has 0 aliphatic carbocycles. The van der Waals surface area contributed by atoms with Crippen molar-refractivity contribution < 1.29 is 14.3 Å². The minimum absolute atomic E-state index is 0.0734.